The van der Waals surface area contributed by atoms with Crippen molar-refractivity contribution in [3.05, 3.63) is 62.8 Å². The molecule has 7 nitrogen and oxygen atoms in total. The Bertz CT molecular complexity index is 1000. The van der Waals surface area contributed by atoms with Gasteiger partial charge in [-0.25, -0.2) is 18.4 Å². The van der Waals surface area contributed by atoms with Gasteiger partial charge in [-0.3, -0.25) is 9.36 Å². The summed E-state index contributed by atoms with van der Waals surface area (Å²) in [4.78, 5) is 36.4. The van der Waals surface area contributed by atoms with Crippen LogP contribution in [-0.2, 0) is 11.3 Å². The molecule has 0 saturated carbocycles. The summed E-state index contributed by atoms with van der Waals surface area (Å²) in [6, 6.07) is 4.32. The molecule has 0 aliphatic heterocycles. The summed E-state index contributed by atoms with van der Waals surface area (Å²) >= 11 is 0. The normalized spacial score (nSPS) is 10.8. The number of hydrogen-bond acceptors (Lipinski definition) is 4. The molecule has 1 aromatic heterocycles. The summed E-state index contributed by atoms with van der Waals surface area (Å²) in [6.45, 7) is 5.18. The Morgan fingerprint density at radius 3 is 2.20 bits per heavy atom. The number of alkyl halides is 3. The van der Waals surface area contributed by atoms with Crippen LogP contribution in [0.25, 0.3) is 0 Å². The van der Waals surface area contributed by atoms with Gasteiger partial charge >= 0.3 is 17.8 Å². The van der Waals surface area contributed by atoms with Crippen LogP contribution in [0.1, 0.15) is 27.3 Å². The van der Waals surface area contributed by atoms with E-state index in [0.717, 1.165) is 0 Å². The van der Waals surface area contributed by atoms with Crippen molar-refractivity contribution in [2.45, 2.75) is 33.5 Å². The van der Waals surface area contributed by atoms with Crippen molar-refractivity contribution in [1.82, 2.24) is 14.9 Å². The van der Waals surface area contributed by atoms with Crippen molar-refractivity contribution >= 4 is 11.9 Å². The predicted octanol–water partition coefficient (Wildman–Crippen LogP) is 2.51. The van der Waals surface area contributed by atoms with Crippen LogP contribution in [0.2, 0.25) is 0 Å². The largest absolute Gasteiger partial charge is 0.490 e. The zero-order valence-corrected chi connectivity index (χ0v) is 16.1. The minimum atomic E-state index is -5.08. The van der Waals surface area contributed by atoms with Gasteiger partial charge in [0, 0.05) is 24.5 Å². The lowest BCUT2D eigenvalue weighted by molar-refractivity contribution is -0.192. The molecule has 0 aliphatic rings. The van der Waals surface area contributed by atoms with Crippen LogP contribution in [0, 0.1) is 32.4 Å². The maximum atomic E-state index is 13.7. The van der Waals surface area contributed by atoms with E-state index in [1.165, 1.54) is 23.6 Å². The molecule has 1 amide bonds. The fraction of sp³-hybridized carbons (Fsp3) is 0.333. The molecule has 1 heterocycles. The minimum Gasteiger partial charge on any atom is -0.475 e. The second-order valence-corrected chi connectivity index (χ2v) is 6.09. The third-order valence-electron chi connectivity index (χ3n) is 3.73. The van der Waals surface area contributed by atoms with Gasteiger partial charge in [0.25, 0.3) is 5.91 Å². The number of carbonyl (C=O) groups excluding carboxylic acids is 1. The smallest absolute Gasteiger partial charge is 0.475 e. The van der Waals surface area contributed by atoms with E-state index in [9.17, 15) is 31.5 Å². The van der Waals surface area contributed by atoms with Crippen LogP contribution in [-0.4, -0.2) is 39.3 Å². The van der Waals surface area contributed by atoms with Gasteiger partial charge in [0.15, 0.2) is 11.6 Å². The summed E-state index contributed by atoms with van der Waals surface area (Å²) in [7, 11) is 0. The van der Waals surface area contributed by atoms with Gasteiger partial charge in [-0.2, -0.15) is 18.2 Å². The number of carboxylic acid groups (broad SMARTS) is 1. The zero-order chi connectivity index (χ0) is 23.2. The van der Waals surface area contributed by atoms with Crippen molar-refractivity contribution < 1.29 is 36.6 Å². The maximum Gasteiger partial charge on any atom is 0.490 e. The molecule has 0 atom stereocenters. The molecular weight excluding hydrogens is 417 g/mol. The fourth-order valence-corrected chi connectivity index (χ4v) is 2.24. The van der Waals surface area contributed by atoms with Crippen LogP contribution < -0.4 is 11.0 Å². The Balaban J connectivity index is 0.000000553. The molecule has 2 rings (SSSR count). The van der Waals surface area contributed by atoms with E-state index in [1.807, 2.05) is 0 Å². The van der Waals surface area contributed by atoms with Crippen molar-refractivity contribution in [2.24, 2.45) is 0 Å². The third kappa shape index (κ3) is 6.64. The Labute approximate surface area is 167 Å². The number of nitrogens with zero attached hydrogens (tertiary/aromatic N) is 2. The lowest BCUT2D eigenvalue weighted by Crippen LogP contribution is -2.33. The predicted molar refractivity (Wildman–Crippen MR) is 95.1 cm³/mol. The molecule has 1 aromatic carbocycles. The minimum absolute atomic E-state index is 0.0965. The molecule has 164 valence electrons. The molecule has 0 saturated heterocycles. The molecular formula is C18H18F5N3O4. The van der Waals surface area contributed by atoms with Crippen LogP contribution in [0.5, 0.6) is 0 Å². The number of amides is 1. The highest BCUT2D eigenvalue weighted by atomic mass is 19.4. The van der Waals surface area contributed by atoms with Gasteiger partial charge < -0.3 is 10.4 Å². The highest BCUT2D eigenvalue weighted by Gasteiger charge is 2.38. The van der Waals surface area contributed by atoms with Gasteiger partial charge in [0.05, 0.1) is 5.56 Å². The Kier molecular flexibility index (Phi) is 8.19. The highest BCUT2D eigenvalue weighted by molar-refractivity contribution is 5.94. The molecule has 12 heteroatoms. The van der Waals surface area contributed by atoms with Crippen molar-refractivity contribution in [1.29, 1.82) is 0 Å². The topological polar surface area (TPSA) is 101 Å². The fourth-order valence-electron chi connectivity index (χ4n) is 2.24. The number of halogens is 5. The SMILES string of the molecule is Cc1cc(C)n(CCNC(=O)c2ccc(C)c(F)c2F)c(=O)n1.O=C(O)C(F)(F)F. The number of benzene rings is 1. The van der Waals surface area contributed by atoms with Gasteiger partial charge in [0.1, 0.15) is 0 Å². The number of carboxylic acids is 1. The quantitative estimate of drug-likeness (QED) is 0.719. The van der Waals surface area contributed by atoms with Crippen LogP contribution in [0.15, 0.2) is 23.0 Å². The van der Waals surface area contributed by atoms with E-state index < -0.39 is 35.4 Å². The second-order valence-electron chi connectivity index (χ2n) is 6.09. The molecule has 30 heavy (non-hydrogen) atoms. The lowest BCUT2D eigenvalue weighted by atomic mass is 10.1. The first kappa shape index (κ1) is 24.7. The summed E-state index contributed by atoms with van der Waals surface area (Å²) in [5.74, 6) is -5.69. The number of aliphatic carboxylic acids is 1. The number of aryl methyl sites for hydroxylation is 3. The molecule has 0 radical (unpaired) electrons. The standard InChI is InChI=1S/C16H17F2N3O2.C2HF3O2/c1-9-4-5-12(14(18)13(9)17)15(22)19-6-7-21-11(3)8-10(2)20-16(21)23;3-2(4,5)1(6)7/h4-5,8H,6-7H2,1-3H3,(H,19,22);(H,6,7). The van der Waals surface area contributed by atoms with Gasteiger partial charge in [-0.05, 0) is 38.5 Å². The highest BCUT2D eigenvalue weighted by Crippen LogP contribution is 2.15. The molecule has 0 unspecified atom stereocenters. The van der Waals surface area contributed by atoms with E-state index in [-0.39, 0.29) is 24.2 Å². The molecule has 2 N–H and O–H groups in total. The number of aromatic nitrogens is 2. The maximum absolute atomic E-state index is 13.7. The van der Waals surface area contributed by atoms with Crippen LogP contribution in [0.3, 0.4) is 0 Å². The molecule has 0 spiro atoms. The number of hydrogen-bond donors (Lipinski definition) is 2. The van der Waals surface area contributed by atoms with Crippen molar-refractivity contribution in [3.63, 3.8) is 0 Å². The van der Waals surface area contributed by atoms with E-state index in [0.29, 0.717) is 11.4 Å². The average Bonchev–Trinajstić information content (AvgIpc) is 2.61. The first-order chi connectivity index (χ1) is 13.8. The van der Waals surface area contributed by atoms with Crippen molar-refractivity contribution in [3.8, 4) is 0 Å². The van der Waals surface area contributed by atoms with Crippen LogP contribution in [0.4, 0.5) is 22.0 Å². The van der Waals surface area contributed by atoms with Crippen LogP contribution >= 0.6 is 0 Å². The van der Waals surface area contributed by atoms with Gasteiger partial charge in [-0.1, -0.05) is 6.07 Å². The third-order valence-corrected chi connectivity index (χ3v) is 3.73. The molecule has 2 aromatic rings. The Morgan fingerprint density at radius 2 is 1.70 bits per heavy atom. The van der Waals surface area contributed by atoms with E-state index in [1.54, 1.807) is 19.9 Å². The number of carbonyl (C=O) groups is 2. The Hall–Kier alpha value is -3.31. The lowest BCUT2D eigenvalue weighted by Gasteiger charge is -2.11. The number of rotatable bonds is 4. The average molecular weight is 435 g/mol. The second kappa shape index (κ2) is 9.94. The first-order valence-electron chi connectivity index (χ1n) is 8.33. The first-order valence-corrected chi connectivity index (χ1v) is 8.33. The number of nitrogens with one attached hydrogen (secondary N) is 1. The summed E-state index contributed by atoms with van der Waals surface area (Å²) in [6.07, 6.45) is -5.08. The van der Waals surface area contributed by atoms with E-state index in [2.05, 4.69) is 10.3 Å². The summed E-state index contributed by atoms with van der Waals surface area (Å²) < 4.78 is 60.3. The molecule has 0 fully saturated rings. The Morgan fingerprint density at radius 1 is 1.13 bits per heavy atom. The van der Waals surface area contributed by atoms with Gasteiger partial charge in [0.2, 0.25) is 0 Å². The summed E-state index contributed by atoms with van der Waals surface area (Å²) in [5, 5.41) is 9.60. The van der Waals surface area contributed by atoms with E-state index >= 15 is 0 Å². The summed E-state index contributed by atoms with van der Waals surface area (Å²) in [5.41, 5.74) is 0.685. The molecule has 0 bridgehead atoms. The monoisotopic (exact) mass is 435 g/mol. The van der Waals surface area contributed by atoms with E-state index in [4.69, 9.17) is 9.90 Å². The van der Waals surface area contributed by atoms with Crippen molar-refractivity contribution in [2.75, 3.05) is 6.54 Å². The molecule has 0 aliphatic carbocycles. The zero-order valence-electron chi connectivity index (χ0n) is 16.1. The van der Waals surface area contributed by atoms with Gasteiger partial charge in [-0.15, -0.1) is 0 Å².